The van der Waals surface area contributed by atoms with Crippen LogP contribution in [0.3, 0.4) is 0 Å². The van der Waals surface area contributed by atoms with Gasteiger partial charge in [-0.05, 0) is 65.4 Å². The van der Waals surface area contributed by atoms with Gasteiger partial charge >= 0.3 is 5.97 Å². The average molecular weight is 569 g/mol. The predicted octanol–water partition coefficient (Wildman–Crippen LogP) is 7.55. The van der Waals surface area contributed by atoms with Gasteiger partial charge in [0, 0.05) is 20.9 Å². The summed E-state index contributed by atoms with van der Waals surface area (Å²) < 4.78 is 11.4. The monoisotopic (exact) mass is 568 g/mol. The third-order valence-electron chi connectivity index (χ3n) is 6.39. The highest BCUT2D eigenvalue weighted by Crippen LogP contribution is 2.36. The number of aliphatic carboxylic acids is 1. The maximum Gasteiger partial charge on any atom is 0.341 e. The lowest BCUT2D eigenvalue weighted by atomic mass is 9.87. The highest BCUT2D eigenvalue weighted by molar-refractivity contribution is 7.99. The van der Waals surface area contributed by atoms with Crippen LogP contribution < -0.4 is 9.47 Å². The molecule has 4 aromatic rings. The van der Waals surface area contributed by atoms with Crippen molar-refractivity contribution in [2.45, 2.75) is 49.5 Å². The SMILES string of the molecule is Cc1cc(Sc2cc(OCc3ccc(C(C)(C)C)cc3)ccc2C(=O)C(=O)c2ccccc2)ccc1OCC(=O)O. The number of carboxylic acid groups (broad SMARTS) is 1. The molecule has 0 aliphatic heterocycles. The van der Waals surface area contributed by atoms with Crippen LogP contribution in [0.25, 0.3) is 0 Å². The molecular formula is C34H32O6S. The molecule has 0 radical (unpaired) electrons. The topological polar surface area (TPSA) is 89.9 Å². The third kappa shape index (κ3) is 7.86. The van der Waals surface area contributed by atoms with E-state index in [0.29, 0.717) is 28.6 Å². The van der Waals surface area contributed by atoms with Gasteiger partial charge in [0.2, 0.25) is 11.6 Å². The Morgan fingerprint density at radius 1 is 0.805 bits per heavy atom. The smallest absolute Gasteiger partial charge is 0.341 e. The first kappa shape index (κ1) is 29.6. The molecule has 0 aliphatic rings. The van der Waals surface area contributed by atoms with Gasteiger partial charge in [-0.25, -0.2) is 4.79 Å². The normalized spacial score (nSPS) is 11.1. The molecule has 4 rings (SSSR count). The number of hydrogen-bond donors (Lipinski definition) is 1. The Morgan fingerprint density at radius 2 is 1.51 bits per heavy atom. The van der Waals surface area contributed by atoms with Gasteiger partial charge in [0.15, 0.2) is 6.61 Å². The van der Waals surface area contributed by atoms with Gasteiger partial charge in [0.25, 0.3) is 0 Å². The summed E-state index contributed by atoms with van der Waals surface area (Å²) in [4.78, 5) is 38.6. The molecule has 0 saturated carbocycles. The minimum Gasteiger partial charge on any atom is -0.489 e. The summed E-state index contributed by atoms with van der Waals surface area (Å²) in [6.07, 6.45) is 0. The lowest BCUT2D eigenvalue weighted by molar-refractivity contribution is -0.139. The van der Waals surface area contributed by atoms with Gasteiger partial charge in [0.1, 0.15) is 18.1 Å². The second kappa shape index (κ2) is 12.9. The molecule has 210 valence electrons. The summed E-state index contributed by atoms with van der Waals surface area (Å²) in [5.74, 6) is -1.23. The van der Waals surface area contributed by atoms with Crippen LogP contribution in [0.4, 0.5) is 0 Å². The number of ether oxygens (including phenoxy) is 2. The second-order valence-corrected chi connectivity index (χ2v) is 11.7. The van der Waals surface area contributed by atoms with Gasteiger partial charge in [-0.1, -0.05) is 87.1 Å². The predicted molar refractivity (Wildman–Crippen MR) is 159 cm³/mol. The fourth-order valence-corrected chi connectivity index (χ4v) is 5.16. The largest absolute Gasteiger partial charge is 0.489 e. The van der Waals surface area contributed by atoms with E-state index < -0.39 is 24.1 Å². The van der Waals surface area contributed by atoms with Gasteiger partial charge in [0.05, 0.1) is 0 Å². The number of carbonyl (C=O) groups excluding carboxylic acids is 2. The summed E-state index contributed by atoms with van der Waals surface area (Å²) in [5.41, 5.74) is 3.65. The first-order valence-electron chi connectivity index (χ1n) is 13.1. The van der Waals surface area contributed by atoms with E-state index in [2.05, 4.69) is 32.9 Å². The standard InChI is InChI=1S/C34H32O6S/c1-22-18-27(15-17-29(22)40-21-31(35)36)41-30-19-26(39-20-23-10-12-25(13-11-23)34(2,3)4)14-16-28(30)33(38)32(37)24-8-6-5-7-9-24/h5-19H,20-21H2,1-4H3,(H,35,36). The van der Waals surface area contributed by atoms with E-state index in [1.54, 1.807) is 60.7 Å². The molecule has 0 fully saturated rings. The van der Waals surface area contributed by atoms with Crippen LogP contribution in [0.2, 0.25) is 0 Å². The zero-order chi connectivity index (χ0) is 29.6. The first-order valence-corrected chi connectivity index (χ1v) is 14.0. The highest BCUT2D eigenvalue weighted by atomic mass is 32.2. The van der Waals surface area contributed by atoms with E-state index in [4.69, 9.17) is 14.6 Å². The number of aryl methyl sites for hydroxylation is 1. The van der Waals surface area contributed by atoms with E-state index in [1.807, 2.05) is 25.1 Å². The van der Waals surface area contributed by atoms with E-state index in [0.717, 1.165) is 16.0 Å². The molecule has 0 unspecified atom stereocenters. The highest BCUT2D eigenvalue weighted by Gasteiger charge is 2.22. The number of Topliss-reactive ketones (excluding diaryl/α,β-unsaturated/α-hetero) is 2. The van der Waals surface area contributed by atoms with Crippen molar-refractivity contribution < 1.29 is 29.0 Å². The average Bonchev–Trinajstić information content (AvgIpc) is 2.95. The molecule has 6 nitrogen and oxygen atoms in total. The number of rotatable bonds is 11. The first-order chi connectivity index (χ1) is 19.5. The minimum absolute atomic E-state index is 0.0595. The van der Waals surface area contributed by atoms with Crippen LogP contribution in [0.1, 0.15) is 58.2 Å². The molecule has 0 aromatic heterocycles. The van der Waals surface area contributed by atoms with Crippen molar-refractivity contribution in [1.29, 1.82) is 0 Å². The van der Waals surface area contributed by atoms with Crippen molar-refractivity contribution in [3.05, 3.63) is 119 Å². The van der Waals surface area contributed by atoms with E-state index in [-0.39, 0.29) is 11.0 Å². The Kier molecular flexibility index (Phi) is 9.30. The molecule has 4 aromatic carbocycles. The van der Waals surface area contributed by atoms with Gasteiger partial charge < -0.3 is 14.6 Å². The van der Waals surface area contributed by atoms with Crippen LogP contribution in [-0.2, 0) is 16.8 Å². The van der Waals surface area contributed by atoms with Crippen LogP contribution in [0, 0.1) is 6.92 Å². The Labute approximate surface area is 244 Å². The molecule has 0 aliphatic carbocycles. The molecular weight excluding hydrogens is 536 g/mol. The fraction of sp³-hybridized carbons (Fsp3) is 0.206. The zero-order valence-electron chi connectivity index (χ0n) is 23.5. The van der Waals surface area contributed by atoms with Gasteiger partial charge in [-0.3, -0.25) is 9.59 Å². The summed E-state index contributed by atoms with van der Waals surface area (Å²) in [6.45, 7) is 8.23. The summed E-state index contributed by atoms with van der Waals surface area (Å²) in [5, 5.41) is 8.91. The van der Waals surface area contributed by atoms with Gasteiger partial charge in [-0.15, -0.1) is 0 Å². The Morgan fingerprint density at radius 3 is 2.15 bits per heavy atom. The molecule has 0 spiro atoms. The van der Waals surface area contributed by atoms with Crippen molar-refractivity contribution in [1.82, 2.24) is 0 Å². The van der Waals surface area contributed by atoms with E-state index >= 15 is 0 Å². The second-order valence-electron chi connectivity index (χ2n) is 10.6. The molecule has 1 N–H and O–H groups in total. The van der Waals surface area contributed by atoms with E-state index in [9.17, 15) is 14.4 Å². The number of carbonyl (C=O) groups is 3. The number of benzene rings is 4. The molecule has 0 saturated heterocycles. The van der Waals surface area contributed by atoms with Crippen molar-refractivity contribution >= 4 is 29.3 Å². The molecule has 0 heterocycles. The zero-order valence-corrected chi connectivity index (χ0v) is 24.3. The van der Waals surface area contributed by atoms with Crippen molar-refractivity contribution in [3.63, 3.8) is 0 Å². The Hall–Kier alpha value is -4.36. The van der Waals surface area contributed by atoms with Crippen LogP contribution in [0.15, 0.2) is 101 Å². The van der Waals surface area contributed by atoms with Crippen LogP contribution in [0.5, 0.6) is 11.5 Å². The van der Waals surface area contributed by atoms with Crippen molar-refractivity contribution in [2.75, 3.05) is 6.61 Å². The summed E-state index contributed by atoms with van der Waals surface area (Å²) in [7, 11) is 0. The quantitative estimate of drug-likeness (QED) is 0.148. The molecule has 7 heteroatoms. The van der Waals surface area contributed by atoms with Crippen LogP contribution in [-0.4, -0.2) is 29.2 Å². The summed E-state index contributed by atoms with van der Waals surface area (Å²) in [6, 6.07) is 27.2. The molecule has 0 atom stereocenters. The number of ketones is 2. The molecule has 41 heavy (non-hydrogen) atoms. The van der Waals surface area contributed by atoms with Crippen LogP contribution >= 0.6 is 11.8 Å². The van der Waals surface area contributed by atoms with Gasteiger partial charge in [-0.2, -0.15) is 0 Å². The lowest BCUT2D eigenvalue weighted by Crippen LogP contribution is -2.15. The Balaban J connectivity index is 1.60. The van der Waals surface area contributed by atoms with Crippen molar-refractivity contribution in [2.24, 2.45) is 0 Å². The van der Waals surface area contributed by atoms with E-state index in [1.165, 1.54) is 17.3 Å². The van der Waals surface area contributed by atoms with Crippen molar-refractivity contribution in [3.8, 4) is 11.5 Å². The molecule has 0 amide bonds. The molecule has 0 bridgehead atoms. The summed E-state index contributed by atoms with van der Waals surface area (Å²) >= 11 is 1.32. The Bertz CT molecular complexity index is 1550. The maximum absolute atomic E-state index is 13.4. The third-order valence-corrected chi connectivity index (χ3v) is 7.44. The lowest BCUT2D eigenvalue weighted by Gasteiger charge is -2.19. The maximum atomic E-state index is 13.4. The number of carboxylic acids is 1. The minimum atomic E-state index is -1.06. The fourth-order valence-electron chi connectivity index (χ4n) is 4.09. The number of hydrogen-bond acceptors (Lipinski definition) is 6.